The van der Waals surface area contributed by atoms with E-state index in [4.69, 9.17) is 15.2 Å². The Bertz CT molecular complexity index is 963. The first kappa shape index (κ1) is 18.5. The minimum atomic E-state index is -0.570. The molecule has 1 saturated heterocycles. The summed E-state index contributed by atoms with van der Waals surface area (Å²) in [4.78, 5) is 18.2. The summed E-state index contributed by atoms with van der Waals surface area (Å²) in [5.74, 6) is 0.832. The van der Waals surface area contributed by atoms with Crippen LogP contribution in [0.4, 0.5) is 4.79 Å². The van der Waals surface area contributed by atoms with Crippen molar-refractivity contribution in [3.05, 3.63) is 48.8 Å². The van der Waals surface area contributed by atoms with E-state index in [-0.39, 0.29) is 0 Å². The number of nitrogens with two attached hydrogens (primary N) is 1. The summed E-state index contributed by atoms with van der Waals surface area (Å²) in [6.07, 6.45) is 4.22. The van der Waals surface area contributed by atoms with Gasteiger partial charge in [0.2, 0.25) is 0 Å². The molecule has 1 aromatic carbocycles. The topological polar surface area (TPSA) is 82.6 Å². The van der Waals surface area contributed by atoms with Gasteiger partial charge in [-0.25, -0.2) is 9.78 Å². The van der Waals surface area contributed by atoms with E-state index < -0.39 is 6.03 Å². The summed E-state index contributed by atoms with van der Waals surface area (Å²) in [5, 5.41) is 0.744. The first-order valence-electron chi connectivity index (χ1n) is 9.42. The molecule has 3 heterocycles. The molecule has 0 unspecified atom stereocenters. The molecule has 0 saturated carbocycles. The third kappa shape index (κ3) is 4.16. The molecular weight excluding hydrogens is 356 g/mol. The van der Waals surface area contributed by atoms with Crippen LogP contribution in [-0.2, 0) is 4.74 Å². The summed E-state index contributed by atoms with van der Waals surface area (Å²) >= 11 is 0. The van der Waals surface area contributed by atoms with Gasteiger partial charge in [-0.05, 0) is 30.2 Å². The van der Waals surface area contributed by atoms with Gasteiger partial charge < -0.3 is 15.2 Å². The maximum Gasteiger partial charge on any atom is 0.324 e. The molecule has 4 rings (SSSR count). The van der Waals surface area contributed by atoms with Crippen molar-refractivity contribution in [1.82, 2.24) is 14.5 Å². The van der Waals surface area contributed by atoms with Crippen LogP contribution in [0.15, 0.2) is 42.7 Å². The lowest BCUT2D eigenvalue weighted by atomic mass is 10.1. The highest BCUT2D eigenvalue weighted by Gasteiger charge is 2.10. The summed E-state index contributed by atoms with van der Waals surface area (Å²) in [6, 6.07) is 12.3. The van der Waals surface area contributed by atoms with Gasteiger partial charge in [0.1, 0.15) is 11.4 Å². The van der Waals surface area contributed by atoms with Crippen LogP contribution in [0.5, 0.6) is 5.75 Å². The summed E-state index contributed by atoms with van der Waals surface area (Å²) in [5.41, 5.74) is 7.78. The Morgan fingerprint density at radius 2 is 2.11 bits per heavy atom. The van der Waals surface area contributed by atoms with Crippen molar-refractivity contribution in [2.24, 2.45) is 5.73 Å². The molecule has 145 valence electrons. The highest BCUT2D eigenvalue weighted by Crippen LogP contribution is 2.26. The number of hydrogen-bond acceptors (Lipinski definition) is 5. The Labute approximate surface area is 163 Å². The van der Waals surface area contributed by atoms with Gasteiger partial charge in [-0.15, -0.1) is 0 Å². The molecule has 0 bridgehead atoms. The van der Waals surface area contributed by atoms with Crippen molar-refractivity contribution >= 4 is 17.1 Å². The van der Waals surface area contributed by atoms with Crippen LogP contribution in [0.3, 0.4) is 0 Å². The molecule has 2 N–H and O–H groups in total. The van der Waals surface area contributed by atoms with Gasteiger partial charge in [-0.1, -0.05) is 12.1 Å². The zero-order valence-corrected chi connectivity index (χ0v) is 15.6. The van der Waals surface area contributed by atoms with Crippen molar-refractivity contribution < 1.29 is 14.3 Å². The molecule has 1 radical (unpaired) electrons. The summed E-state index contributed by atoms with van der Waals surface area (Å²) in [7, 11) is 0. The maximum absolute atomic E-state index is 11.4. The molecule has 1 aliphatic rings. The second kappa shape index (κ2) is 8.41. The van der Waals surface area contributed by atoms with Gasteiger partial charge >= 0.3 is 6.03 Å². The molecule has 7 nitrogen and oxygen atoms in total. The number of benzene rings is 1. The molecule has 7 heteroatoms. The molecule has 1 fully saturated rings. The number of primary amides is 1. The predicted molar refractivity (Wildman–Crippen MR) is 106 cm³/mol. The average Bonchev–Trinajstić information content (AvgIpc) is 3.16. The zero-order valence-electron chi connectivity index (χ0n) is 15.6. The third-order valence-corrected chi connectivity index (χ3v) is 4.84. The molecule has 0 atom stereocenters. The lowest BCUT2D eigenvalue weighted by Gasteiger charge is -2.26. The lowest BCUT2D eigenvalue weighted by molar-refractivity contribution is 0.0358. The lowest BCUT2D eigenvalue weighted by Crippen LogP contribution is -2.37. The Morgan fingerprint density at radius 3 is 2.93 bits per heavy atom. The fourth-order valence-electron chi connectivity index (χ4n) is 3.35. The fourth-order valence-corrected chi connectivity index (χ4v) is 3.35. The van der Waals surface area contributed by atoms with Crippen molar-refractivity contribution in [3.8, 4) is 16.9 Å². The van der Waals surface area contributed by atoms with Gasteiger partial charge in [0.15, 0.2) is 0 Å². The monoisotopic (exact) mass is 379 g/mol. The summed E-state index contributed by atoms with van der Waals surface area (Å²) < 4.78 is 12.6. The van der Waals surface area contributed by atoms with Gasteiger partial charge in [0.25, 0.3) is 0 Å². The third-order valence-electron chi connectivity index (χ3n) is 4.84. The van der Waals surface area contributed by atoms with E-state index in [2.05, 4.69) is 16.0 Å². The highest BCUT2D eigenvalue weighted by molar-refractivity contribution is 5.90. The Morgan fingerprint density at radius 1 is 1.25 bits per heavy atom. The Balaban J connectivity index is 1.40. The molecule has 3 aromatic rings. The number of pyridine rings is 1. The van der Waals surface area contributed by atoms with Crippen LogP contribution in [-0.4, -0.2) is 59.9 Å². The van der Waals surface area contributed by atoms with Crippen LogP contribution in [0.25, 0.3) is 22.2 Å². The number of morpholine rings is 1. The second-order valence-corrected chi connectivity index (χ2v) is 6.76. The van der Waals surface area contributed by atoms with E-state index >= 15 is 0 Å². The Kier molecular flexibility index (Phi) is 5.55. The van der Waals surface area contributed by atoms with Gasteiger partial charge in [0, 0.05) is 49.0 Å². The zero-order chi connectivity index (χ0) is 19.3. The minimum absolute atomic E-state index is 0.506. The van der Waals surface area contributed by atoms with Crippen molar-refractivity contribution in [2.45, 2.75) is 6.42 Å². The van der Waals surface area contributed by atoms with Crippen LogP contribution < -0.4 is 10.5 Å². The first-order chi connectivity index (χ1) is 13.7. The standard InChI is InChI=1S/C21H23N4O3/c22-21(26)25-7-5-17-13-18(15-23-20(17)25)16-3-1-4-19(14-16)28-10-2-6-24-8-11-27-12-9-24/h1,3-4,7,13-15H,2,6,8-12H2,(H2,22,26). The van der Waals surface area contributed by atoms with E-state index in [1.54, 1.807) is 6.20 Å². The number of ether oxygens (including phenoxy) is 2. The minimum Gasteiger partial charge on any atom is -0.494 e. The number of rotatable bonds is 6. The quantitative estimate of drug-likeness (QED) is 0.666. The van der Waals surface area contributed by atoms with E-state index in [0.717, 1.165) is 61.5 Å². The summed E-state index contributed by atoms with van der Waals surface area (Å²) in [6.45, 7) is 5.34. The van der Waals surface area contributed by atoms with Gasteiger partial charge in [-0.3, -0.25) is 9.47 Å². The number of amides is 1. The van der Waals surface area contributed by atoms with Crippen molar-refractivity contribution in [3.63, 3.8) is 0 Å². The van der Waals surface area contributed by atoms with Crippen LogP contribution >= 0.6 is 0 Å². The van der Waals surface area contributed by atoms with Gasteiger partial charge in [0.05, 0.1) is 19.8 Å². The van der Waals surface area contributed by atoms with Crippen LogP contribution in [0, 0.1) is 6.07 Å². The highest BCUT2D eigenvalue weighted by atomic mass is 16.5. The largest absolute Gasteiger partial charge is 0.494 e. The van der Waals surface area contributed by atoms with E-state index in [0.29, 0.717) is 12.3 Å². The number of carbonyl (C=O) groups excluding carboxylic acids is 1. The predicted octanol–water partition coefficient (Wildman–Crippen LogP) is 2.53. The molecular formula is C21H23N4O3. The van der Waals surface area contributed by atoms with Crippen LogP contribution in [0.2, 0.25) is 0 Å². The SMILES string of the molecule is NC(=O)n1c[c]c2cc(-c3cccc(OCCCN4CCOCC4)c3)cnc21. The van der Waals surface area contributed by atoms with Crippen molar-refractivity contribution in [2.75, 3.05) is 39.5 Å². The van der Waals surface area contributed by atoms with Gasteiger partial charge in [-0.2, -0.15) is 0 Å². The fraction of sp³-hybridized carbons (Fsp3) is 0.333. The van der Waals surface area contributed by atoms with E-state index in [9.17, 15) is 4.79 Å². The smallest absolute Gasteiger partial charge is 0.324 e. The Hall–Kier alpha value is -2.90. The number of hydrogen-bond donors (Lipinski definition) is 1. The number of nitrogens with zero attached hydrogens (tertiary/aromatic N) is 3. The van der Waals surface area contributed by atoms with E-state index in [1.807, 2.05) is 30.3 Å². The molecule has 0 spiro atoms. The molecule has 1 amide bonds. The molecule has 0 aliphatic carbocycles. The van der Waals surface area contributed by atoms with Crippen molar-refractivity contribution in [1.29, 1.82) is 0 Å². The molecule has 2 aromatic heterocycles. The first-order valence-corrected chi connectivity index (χ1v) is 9.42. The molecule has 28 heavy (non-hydrogen) atoms. The number of carbonyl (C=O) groups is 1. The van der Waals surface area contributed by atoms with Crippen LogP contribution in [0.1, 0.15) is 6.42 Å². The maximum atomic E-state index is 11.4. The van der Waals surface area contributed by atoms with E-state index in [1.165, 1.54) is 10.8 Å². The number of fused-ring (bicyclic) bond motifs is 1. The average molecular weight is 379 g/mol. The molecule has 1 aliphatic heterocycles. The number of aromatic nitrogens is 2. The second-order valence-electron chi connectivity index (χ2n) is 6.76. The normalized spacial score (nSPS) is 15.0.